The van der Waals surface area contributed by atoms with Crippen LogP contribution in [-0.4, -0.2) is 0 Å². The van der Waals surface area contributed by atoms with E-state index in [-0.39, 0.29) is 0 Å². The Balaban J connectivity index is 1.98. The van der Waals surface area contributed by atoms with Gasteiger partial charge in [-0.3, -0.25) is 0 Å². The minimum absolute atomic E-state index is 0.852. The summed E-state index contributed by atoms with van der Waals surface area (Å²) in [5.41, 5.74) is 1.10. The van der Waals surface area contributed by atoms with E-state index in [9.17, 15) is 0 Å². The normalized spacial score (nSPS) is 10.2. The molecule has 0 saturated carbocycles. The molecule has 87 valence electrons. The summed E-state index contributed by atoms with van der Waals surface area (Å²) in [4.78, 5) is 1.17. The lowest BCUT2D eigenvalue weighted by atomic mass is 10.1. The Kier molecular flexibility index (Phi) is 3.11. The third kappa shape index (κ3) is 2.29. The maximum atomic E-state index is 5.93. The van der Waals surface area contributed by atoms with Crippen LogP contribution in [0.2, 0.25) is 0 Å². The second-order valence-corrected chi connectivity index (χ2v) is 4.71. The molecule has 2 heteroatoms. The fourth-order valence-electron chi connectivity index (χ4n) is 1.76. The molecular formula is C16H11OS. The lowest BCUT2D eigenvalue weighted by molar-refractivity contribution is 0.484. The first-order valence-electron chi connectivity index (χ1n) is 5.72. The number of rotatable bonds is 3. The molecule has 0 spiro atoms. The van der Waals surface area contributed by atoms with Crippen LogP contribution in [0.5, 0.6) is 11.5 Å². The van der Waals surface area contributed by atoms with Crippen molar-refractivity contribution in [1.82, 2.24) is 0 Å². The lowest BCUT2D eigenvalue weighted by Gasteiger charge is -2.09. The topological polar surface area (TPSA) is 9.23 Å². The standard InChI is InChI=1S/C16H11OS/c1-2-7-13(8-3-1)17-15-10-5-4-9-14(15)16-11-6-12-18-16/h1-11H. The monoisotopic (exact) mass is 251 g/mol. The summed E-state index contributed by atoms with van der Waals surface area (Å²) in [6.07, 6.45) is 0. The van der Waals surface area contributed by atoms with E-state index in [4.69, 9.17) is 4.74 Å². The molecule has 18 heavy (non-hydrogen) atoms. The van der Waals surface area contributed by atoms with Gasteiger partial charge in [-0.1, -0.05) is 30.3 Å². The van der Waals surface area contributed by atoms with Gasteiger partial charge in [-0.2, -0.15) is 0 Å². The van der Waals surface area contributed by atoms with Gasteiger partial charge >= 0.3 is 0 Å². The van der Waals surface area contributed by atoms with E-state index in [2.05, 4.69) is 17.5 Å². The molecule has 0 bridgehead atoms. The third-order valence-corrected chi connectivity index (χ3v) is 3.43. The summed E-state index contributed by atoms with van der Waals surface area (Å²) in [5, 5.41) is 3.11. The largest absolute Gasteiger partial charge is 0.457 e. The van der Waals surface area contributed by atoms with Crippen molar-refractivity contribution in [3.63, 3.8) is 0 Å². The highest BCUT2D eigenvalue weighted by molar-refractivity contribution is 7.13. The highest BCUT2D eigenvalue weighted by Gasteiger charge is 2.07. The summed E-state index contributed by atoms with van der Waals surface area (Å²) in [6.45, 7) is 0. The van der Waals surface area contributed by atoms with Crippen molar-refractivity contribution in [2.75, 3.05) is 0 Å². The molecule has 0 aliphatic heterocycles. The maximum absolute atomic E-state index is 5.93. The van der Waals surface area contributed by atoms with Crippen LogP contribution in [0.25, 0.3) is 10.4 Å². The average Bonchev–Trinajstić information content (AvgIpc) is 2.94. The van der Waals surface area contributed by atoms with E-state index in [1.807, 2.05) is 54.6 Å². The van der Waals surface area contributed by atoms with Gasteiger partial charge in [0.25, 0.3) is 0 Å². The van der Waals surface area contributed by atoms with Crippen molar-refractivity contribution < 1.29 is 4.74 Å². The molecule has 3 rings (SSSR count). The molecular weight excluding hydrogens is 240 g/mol. The molecule has 0 aliphatic carbocycles. The van der Waals surface area contributed by atoms with Crippen LogP contribution in [0.1, 0.15) is 0 Å². The van der Waals surface area contributed by atoms with Gasteiger partial charge in [0.15, 0.2) is 0 Å². The zero-order valence-electron chi connectivity index (χ0n) is 9.67. The number of para-hydroxylation sites is 2. The van der Waals surface area contributed by atoms with Crippen molar-refractivity contribution in [2.45, 2.75) is 0 Å². The first-order valence-corrected chi connectivity index (χ1v) is 6.53. The summed E-state index contributed by atoms with van der Waals surface area (Å²) in [7, 11) is 0. The third-order valence-electron chi connectivity index (χ3n) is 2.60. The predicted molar refractivity (Wildman–Crippen MR) is 75.1 cm³/mol. The Labute approximate surface area is 110 Å². The van der Waals surface area contributed by atoms with Crippen molar-refractivity contribution in [1.29, 1.82) is 0 Å². The zero-order valence-corrected chi connectivity index (χ0v) is 10.5. The van der Waals surface area contributed by atoms with Gasteiger partial charge in [-0.25, -0.2) is 0 Å². The molecule has 0 N–H and O–H groups in total. The van der Waals surface area contributed by atoms with Gasteiger partial charge in [0.2, 0.25) is 0 Å². The Morgan fingerprint density at radius 1 is 0.833 bits per heavy atom. The molecule has 1 heterocycles. The Morgan fingerprint density at radius 2 is 1.61 bits per heavy atom. The van der Waals surface area contributed by atoms with Gasteiger partial charge in [-0.05, 0) is 36.4 Å². The van der Waals surface area contributed by atoms with Crippen LogP contribution in [0.15, 0.2) is 66.7 Å². The average molecular weight is 251 g/mol. The molecule has 3 aromatic rings. The van der Waals surface area contributed by atoms with Gasteiger partial charge in [-0.15, -0.1) is 11.3 Å². The fraction of sp³-hybridized carbons (Fsp3) is 0. The lowest BCUT2D eigenvalue weighted by Crippen LogP contribution is -1.86. The zero-order chi connectivity index (χ0) is 12.2. The predicted octanol–water partition coefficient (Wildman–Crippen LogP) is 5.01. The minimum atomic E-state index is 0.852. The highest BCUT2D eigenvalue weighted by atomic mass is 32.1. The number of hydrogen-bond donors (Lipinski definition) is 0. The molecule has 0 fully saturated rings. The van der Waals surface area contributed by atoms with E-state index in [1.165, 1.54) is 4.88 Å². The van der Waals surface area contributed by atoms with Crippen LogP contribution in [-0.2, 0) is 0 Å². The van der Waals surface area contributed by atoms with Crippen LogP contribution in [0, 0.1) is 5.38 Å². The quantitative estimate of drug-likeness (QED) is 0.636. The van der Waals surface area contributed by atoms with E-state index in [1.54, 1.807) is 11.3 Å². The second kappa shape index (κ2) is 5.07. The molecule has 0 aliphatic rings. The first-order chi connectivity index (χ1) is 8.93. The number of hydrogen-bond acceptors (Lipinski definition) is 2. The summed E-state index contributed by atoms with van der Waals surface area (Å²) >= 11 is 1.60. The van der Waals surface area contributed by atoms with Crippen LogP contribution in [0.3, 0.4) is 0 Å². The van der Waals surface area contributed by atoms with E-state index in [0.29, 0.717) is 0 Å². The van der Waals surface area contributed by atoms with Gasteiger partial charge in [0, 0.05) is 15.8 Å². The Bertz CT molecular complexity index is 615. The van der Waals surface area contributed by atoms with E-state index >= 15 is 0 Å². The van der Waals surface area contributed by atoms with E-state index < -0.39 is 0 Å². The SMILES string of the molecule is [c]1ccc(-c2ccccc2Oc2ccccc2)s1. The van der Waals surface area contributed by atoms with Crippen molar-refractivity contribution in [2.24, 2.45) is 0 Å². The highest BCUT2D eigenvalue weighted by Crippen LogP contribution is 2.35. The fourth-order valence-corrected chi connectivity index (χ4v) is 2.44. The Morgan fingerprint density at radius 3 is 2.39 bits per heavy atom. The molecule has 0 amide bonds. The molecule has 1 aromatic heterocycles. The molecule has 1 nitrogen and oxygen atoms in total. The van der Waals surface area contributed by atoms with Gasteiger partial charge < -0.3 is 4.74 Å². The van der Waals surface area contributed by atoms with Crippen molar-refractivity contribution >= 4 is 11.3 Å². The number of benzene rings is 2. The molecule has 0 saturated heterocycles. The summed E-state index contributed by atoms with van der Waals surface area (Å²) in [5.74, 6) is 1.73. The smallest absolute Gasteiger partial charge is 0.136 e. The first kappa shape index (κ1) is 11.1. The van der Waals surface area contributed by atoms with Crippen LogP contribution >= 0.6 is 11.3 Å². The minimum Gasteiger partial charge on any atom is -0.457 e. The molecule has 2 aromatic carbocycles. The Hall–Kier alpha value is -2.06. The number of thiophene rings is 1. The second-order valence-electron chi connectivity index (χ2n) is 3.83. The summed E-state index contributed by atoms with van der Waals surface area (Å²) < 4.78 is 5.93. The molecule has 1 radical (unpaired) electrons. The number of ether oxygens (including phenoxy) is 1. The van der Waals surface area contributed by atoms with Gasteiger partial charge in [0.1, 0.15) is 11.5 Å². The molecule has 0 unspecified atom stereocenters. The molecule has 0 atom stereocenters. The van der Waals surface area contributed by atoms with Gasteiger partial charge in [0.05, 0.1) is 0 Å². The van der Waals surface area contributed by atoms with E-state index in [0.717, 1.165) is 17.1 Å². The maximum Gasteiger partial charge on any atom is 0.136 e. The van der Waals surface area contributed by atoms with Crippen LogP contribution < -0.4 is 4.74 Å². The van der Waals surface area contributed by atoms with Crippen molar-refractivity contribution in [3.8, 4) is 21.9 Å². The summed E-state index contributed by atoms with van der Waals surface area (Å²) in [6, 6.07) is 21.9. The van der Waals surface area contributed by atoms with Crippen LogP contribution in [0.4, 0.5) is 0 Å². The van der Waals surface area contributed by atoms with Crippen molar-refractivity contribution in [3.05, 3.63) is 72.1 Å².